The topological polar surface area (TPSA) is 96.4 Å². The number of para-hydroxylation sites is 1. The van der Waals surface area contributed by atoms with Gasteiger partial charge in [-0.05, 0) is 36.4 Å². The van der Waals surface area contributed by atoms with Crippen LogP contribution in [-0.2, 0) is 4.74 Å². The molecule has 0 saturated heterocycles. The average molecular weight is 375 g/mol. The van der Waals surface area contributed by atoms with Crippen LogP contribution < -0.4 is 10.6 Å². The molecule has 0 saturated carbocycles. The molecule has 0 unspecified atom stereocenters. The predicted molar refractivity (Wildman–Crippen MR) is 103 cm³/mol. The summed E-state index contributed by atoms with van der Waals surface area (Å²) in [6, 6.07) is 14.5. The van der Waals surface area contributed by atoms with Crippen LogP contribution in [0.1, 0.15) is 10.4 Å². The molecule has 7 nitrogen and oxygen atoms in total. The van der Waals surface area contributed by atoms with Crippen LogP contribution in [0.4, 0.5) is 17.5 Å². The standard InChI is InChI=1S/C18H18N4O3.ClH/c1-25-17(24)12-6-8-13(9-7-12)20-18-21-15-5-3-2-4-14(15)16(22-18)19-10-11-23;/h2-9,23H,10-11H2,1H3,(H2,19,20,21,22);1H. The van der Waals surface area contributed by atoms with Crippen molar-refractivity contribution < 1.29 is 14.6 Å². The third-order valence-corrected chi connectivity index (χ3v) is 3.57. The van der Waals surface area contributed by atoms with E-state index in [-0.39, 0.29) is 25.0 Å². The van der Waals surface area contributed by atoms with E-state index < -0.39 is 0 Å². The molecular weight excluding hydrogens is 356 g/mol. The fraction of sp³-hybridized carbons (Fsp3) is 0.167. The number of fused-ring (bicyclic) bond motifs is 1. The number of anilines is 3. The molecule has 3 N–H and O–H groups in total. The summed E-state index contributed by atoms with van der Waals surface area (Å²) < 4.78 is 4.68. The Bertz CT molecular complexity index is 887. The van der Waals surface area contributed by atoms with Gasteiger partial charge in [-0.25, -0.2) is 9.78 Å². The van der Waals surface area contributed by atoms with Crippen LogP contribution in [0.15, 0.2) is 48.5 Å². The van der Waals surface area contributed by atoms with Gasteiger partial charge in [0, 0.05) is 17.6 Å². The van der Waals surface area contributed by atoms with Crippen LogP contribution in [0.3, 0.4) is 0 Å². The van der Waals surface area contributed by atoms with Gasteiger partial charge in [-0.1, -0.05) is 12.1 Å². The molecule has 3 aromatic rings. The number of hydrogen-bond acceptors (Lipinski definition) is 7. The molecule has 0 aliphatic rings. The van der Waals surface area contributed by atoms with Gasteiger partial charge >= 0.3 is 5.97 Å². The number of nitrogens with one attached hydrogen (secondary N) is 2. The van der Waals surface area contributed by atoms with Crippen LogP contribution in [0.5, 0.6) is 0 Å². The Morgan fingerprint density at radius 3 is 2.54 bits per heavy atom. The van der Waals surface area contributed by atoms with E-state index in [2.05, 4.69) is 25.3 Å². The van der Waals surface area contributed by atoms with Gasteiger partial charge in [-0.2, -0.15) is 4.98 Å². The van der Waals surface area contributed by atoms with E-state index in [1.807, 2.05) is 24.3 Å². The molecule has 0 atom stereocenters. The molecule has 1 aromatic heterocycles. The van der Waals surface area contributed by atoms with E-state index >= 15 is 0 Å². The minimum absolute atomic E-state index is 0. The number of halogens is 1. The van der Waals surface area contributed by atoms with E-state index in [9.17, 15) is 4.79 Å². The summed E-state index contributed by atoms with van der Waals surface area (Å²) in [5.74, 6) is 0.683. The highest BCUT2D eigenvalue weighted by atomic mass is 35.5. The Morgan fingerprint density at radius 2 is 1.85 bits per heavy atom. The molecule has 0 fully saturated rings. The Labute approximate surface area is 156 Å². The zero-order valence-corrected chi connectivity index (χ0v) is 14.9. The van der Waals surface area contributed by atoms with Crippen molar-refractivity contribution in [3.63, 3.8) is 0 Å². The number of nitrogens with zero attached hydrogens (tertiary/aromatic N) is 2. The third kappa shape index (κ3) is 4.38. The SMILES string of the molecule is COC(=O)c1ccc(Nc2nc(NCCO)c3ccccc3n2)cc1.Cl. The van der Waals surface area contributed by atoms with Gasteiger partial charge in [0.15, 0.2) is 0 Å². The zero-order chi connectivity index (χ0) is 17.6. The van der Waals surface area contributed by atoms with Gasteiger partial charge in [-0.15, -0.1) is 12.4 Å². The number of methoxy groups -OCH3 is 1. The maximum absolute atomic E-state index is 11.5. The Kier molecular flexibility index (Phi) is 6.71. The van der Waals surface area contributed by atoms with E-state index in [1.54, 1.807) is 24.3 Å². The van der Waals surface area contributed by atoms with Crippen molar-refractivity contribution in [2.45, 2.75) is 0 Å². The summed E-state index contributed by atoms with van der Waals surface area (Å²) in [4.78, 5) is 20.4. The second-order valence-corrected chi connectivity index (χ2v) is 5.26. The zero-order valence-electron chi connectivity index (χ0n) is 14.1. The van der Waals surface area contributed by atoms with Crippen molar-refractivity contribution in [2.24, 2.45) is 0 Å². The number of carbonyl (C=O) groups excluding carboxylic acids is 1. The Balaban J connectivity index is 0.00000243. The molecule has 1 heterocycles. The number of aliphatic hydroxyl groups excluding tert-OH is 1. The lowest BCUT2D eigenvalue weighted by atomic mass is 10.2. The molecule has 0 radical (unpaired) electrons. The van der Waals surface area contributed by atoms with E-state index in [0.29, 0.717) is 23.9 Å². The lowest BCUT2D eigenvalue weighted by Crippen LogP contribution is -2.09. The van der Waals surface area contributed by atoms with Gasteiger partial charge in [0.25, 0.3) is 0 Å². The van der Waals surface area contributed by atoms with Crippen LogP contribution in [0.2, 0.25) is 0 Å². The first-order valence-corrected chi connectivity index (χ1v) is 7.78. The summed E-state index contributed by atoms with van der Waals surface area (Å²) >= 11 is 0. The maximum Gasteiger partial charge on any atom is 0.337 e. The molecule has 2 aromatic carbocycles. The maximum atomic E-state index is 11.5. The predicted octanol–water partition coefficient (Wildman–Crippen LogP) is 2.99. The first kappa shape index (κ1) is 19.4. The lowest BCUT2D eigenvalue weighted by Gasteiger charge is -2.11. The molecule has 8 heteroatoms. The molecule has 3 rings (SSSR count). The molecule has 0 spiro atoms. The Morgan fingerprint density at radius 1 is 1.12 bits per heavy atom. The number of rotatable bonds is 6. The van der Waals surface area contributed by atoms with Gasteiger partial charge in [-0.3, -0.25) is 0 Å². The second-order valence-electron chi connectivity index (χ2n) is 5.26. The minimum atomic E-state index is -0.385. The molecule has 0 amide bonds. The van der Waals surface area contributed by atoms with Crippen molar-refractivity contribution >= 4 is 46.7 Å². The number of carbonyl (C=O) groups is 1. The smallest absolute Gasteiger partial charge is 0.337 e. The van der Waals surface area contributed by atoms with Gasteiger partial charge in [0.1, 0.15) is 5.82 Å². The average Bonchev–Trinajstić information content (AvgIpc) is 2.66. The number of aromatic nitrogens is 2. The highest BCUT2D eigenvalue weighted by molar-refractivity contribution is 5.91. The fourth-order valence-electron chi connectivity index (χ4n) is 2.38. The van der Waals surface area contributed by atoms with Crippen LogP contribution in [0, 0.1) is 0 Å². The van der Waals surface area contributed by atoms with Gasteiger partial charge in [0.05, 0.1) is 24.8 Å². The number of esters is 1. The first-order chi connectivity index (χ1) is 12.2. The normalized spacial score (nSPS) is 10.1. The minimum Gasteiger partial charge on any atom is -0.465 e. The lowest BCUT2D eigenvalue weighted by molar-refractivity contribution is 0.0601. The monoisotopic (exact) mass is 374 g/mol. The van der Waals surface area contributed by atoms with Gasteiger partial charge in [0.2, 0.25) is 5.95 Å². The highest BCUT2D eigenvalue weighted by Gasteiger charge is 2.08. The molecule has 0 aliphatic carbocycles. The number of ether oxygens (including phenoxy) is 1. The van der Waals surface area contributed by atoms with Crippen LogP contribution in [-0.4, -0.2) is 41.3 Å². The van der Waals surface area contributed by atoms with Gasteiger partial charge < -0.3 is 20.5 Å². The summed E-state index contributed by atoms with van der Waals surface area (Å²) in [6.07, 6.45) is 0. The van der Waals surface area contributed by atoms with Crippen molar-refractivity contribution in [2.75, 3.05) is 30.9 Å². The third-order valence-electron chi connectivity index (χ3n) is 3.57. The molecule has 26 heavy (non-hydrogen) atoms. The van der Waals surface area contributed by atoms with E-state index in [4.69, 9.17) is 5.11 Å². The summed E-state index contributed by atoms with van der Waals surface area (Å²) in [7, 11) is 1.35. The molecule has 136 valence electrons. The quantitative estimate of drug-likeness (QED) is 0.571. The number of aliphatic hydroxyl groups is 1. The van der Waals surface area contributed by atoms with Crippen molar-refractivity contribution in [1.82, 2.24) is 9.97 Å². The summed E-state index contributed by atoms with van der Waals surface area (Å²) in [5.41, 5.74) is 2.00. The molecule has 0 bridgehead atoms. The van der Waals surface area contributed by atoms with Crippen molar-refractivity contribution in [3.8, 4) is 0 Å². The Hall–Kier alpha value is -2.90. The second kappa shape index (κ2) is 8.98. The van der Waals surface area contributed by atoms with E-state index in [0.717, 1.165) is 16.6 Å². The van der Waals surface area contributed by atoms with Crippen molar-refractivity contribution in [1.29, 1.82) is 0 Å². The highest BCUT2D eigenvalue weighted by Crippen LogP contribution is 2.23. The largest absolute Gasteiger partial charge is 0.465 e. The van der Waals surface area contributed by atoms with Crippen LogP contribution in [0.25, 0.3) is 10.9 Å². The molecule has 0 aliphatic heterocycles. The summed E-state index contributed by atoms with van der Waals surface area (Å²) in [6.45, 7) is 0.407. The number of hydrogen-bond donors (Lipinski definition) is 3. The first-order valence-electron chi connectivity index (χ1n) is 7.78. The fourth-order valence-corrected chi connectivity index (χ4v) is 2.38. The van der Waals surface area contributed by atoms with Crippen LogP contribution >= 0.6 is 12.4 Å². The number of benzene rings is 2. The van der Waals surface area contributed by atoms with Crippen molar-refractivity contribution in [3.05, 3.63) is 54.1 Å². The summed E-state index contributed by atoms with van der Waals surface area (Å²) in [5, 5.41) is 16.1. The molecular formula is C18H19ClN4O3. The van der Waals surface area contributed by atoms with E-state index in [1.165, 1.54) is 7.11 Å².